The zero-order valence-electron chi connectivity index (χ0n) is 17.2. The van der Waals surface area contributed by atoms with Gasteiger partial charge >= 0.3 is 0 Å². The summed E-state index contributed by atoms with van der Waals surface area (Å²) in [6.07, 6.45) is 2.40. The molecule has 162 valence electrons. The number of aromatic nitrogens is 2. The first-order chi connectivity index (χ1) is 15.0. The molecule has 6 nitrogen and oxygen atoms in total. The second-order valence-electron chi connectivity index (χ2n) is 7.61. The number of hydrogen-bond donors (Lipinski definition) is 0. The lowest BCUT2D eigenvalue weighted by Gasteiger charge is -2.16. The van der Waals surface area contributed by atoms with E-state index in [2.05, 4.69) is 17.1 Å². The monoisotopic (exact) mass is 443 g/mol. The molecular weight excluding hydrogens is 421 g/mol. The lowest BCUT2D eigenvalue weighted by molar-refractivity contribution is -0.128. The van der Waals surface area contributed by atoms with E-state index in [1.165, 1.54) is 6.07 Å². The number of rotatable bonds is 8. The van der Waals surface area contributed by atoms with Crippen molar-refractivity contribution in [1.29, 1.82) is 0 Å². The fourth-order valence-corrected chi connectivity index (χ4v) is 3.71. The number of benzene rings is 2. The number of carbonyl (C=O) groups is 1. The van der Waals surface area contributed by atoms with Crippen LogP contribution in [0.25, 0.3) is 11.5 Å². The highest BCUT2D eigenvalue weighted by atomic mass is 35.5. The second-order valence-corrected chi connectivity index (χ2v) is 8.02. The van der Waals surface area contributed by atoms with Gasteiger partial charge in [0.15, 0.2) is 5.82 Å². The molecule has 0 radical (unpaired) electrons. The van der Waals surface area contributed by atoms with Gasteiger partial charge in [0.2, 0.25) is 5.91 Å². The van der Waals surface area contributed by atoms with Crippen LogP contribution in [0, 0.1) is 5.82 Å². The van der Waals surface area contributed by atoms with Crippen LogP contribution in [0.2, 0.25) is 5.02 Å². The Balaban J connectivity index is 1.39. The van der Waals surface area contributed by atoms with Gasteiger partial charge < -0.3 is 14.2 Å². The SMILES string of the molecule is CCCCOc1ccc(-c2nc(C3CC(=O)N(Cc4ccc(F)c(Cl)c4)C3)no2)cc1. The number of amides is 1. The van der Waals surface area contributed by atoms with Crippen molar-refractivity contribution in [3.63, 3.8) is 0 Å². The normalized spacial score (nSPS) is 16.2. The maximum atomic E-state index is 13.4. The zero-order chi connectivity index (χ0) is 21.8. The number of carbonyl (C=O) groups excluding carboxylic acids is 1. The molecule has 1 aliphatic heterocycles. The largest absolute Gasteiger partial charge is 0.494 e. The highest BCUT2D eigenvalue weighted by Crippen LogP contribution is 2.30. The molecule has 1 aromatic heterocycles. The lowest BCUT2D eigenvalue weighted by Crippen LogP contribution is -2.24. The summed E-state index contributed by atoms with van der Waals surface area (Å²) in [6, 6.07) is 12.0. The minimum Gasteiger partial charge on any atom is -0.494 e. The standard InChI is InChI=1S/C23H23ClFN3O3/c1-2-3-10-30-18-7-5-16(6-8-18)23-26-22(27-31-23)17-12-21(29)28(14-17)13-15-4-9-20(25)19(24)11-15/h4-9,11,17H,2-3,10,12-14H2,1H3. The van der Waals surface area contributed by atoms with E-state index in [-0.39, 0.29) is 16.8 Å². The summed E-state index contributed by atoms with van der Waals surface area (Å²) in [5.74, 6) is 1.08. The van der Waals surface area contributed by atoms with Gasteiger partial charge in [0, 0.05) is 31.0 Å². The first-order valence-electron chi connectivity index (χ1n) is 10.3. The number of hydrogen-bond acceptors (Lipinski definition) is 5. The number of ether oxygens (including phenoxy) is 1. The molecule has 0 spiro atoms. The van der Waals surface area contributed by atoms with Gasteiger partial charge in [-0.05, 0) is 48.4 Å². The van der Waals surface area contributed by atoms with Crippen molar-refractivity contribution in [2.75, 3.05) is 13.2 Å². The average molecular weight is 444 g/mol. The van der Waals surface area contributed by atoms with Crippen LogP contribution in [0.15, 0.2) is 47.0 Å². The average Bonchev–Trinajstić information content (AvgIpc) is 3.39. The summed E-state index contributed by atoms with van der Waals surface area (Å²) in [6.45, 7) is 3.64. The summed E-state index contributed by atoms with van der Waals surface area (Å²) < 4.78 is 24.5. The van der Waals surface area contributed by atoms with Crippen LogP contribution in [0.4, 0.5) is 4.39 Å². The molecule has 4 rings (SSSR count). The highest BCUT2D eigenvalue weighted by Gasteiger charge is 2.33. The maximum absolute atomic E-state index is 13.4. The zero-order valence-corrected chi connectivity index (χ0v) is 17.9. The van der Waals surface area contributed by atoms with Gasteiger partial charge in [-0.3, -0.25) is 4.79 Å². The molecule has 2 aromatic carbocycles. The van der Waals surface area contributed by atoms with E-state index < -0.39 is 5.82 Å². The van der Waals surface area contributed by atoms with Crippen LogP contribution in [-0.2, 0) is 11.3 Å². The van der Waals surface area contributed by atoms with Crippen molar-refractivity contribution in [3.05, 3.63) is 64.7 Å². The van der Waals surface area contributed by atoms with Crippen molar-refractivity contribution < 1.29 is 18.4 Å². The molecule has 0 N–H and O–H groups in total. The lowest BCUT2D eigenvalue weighted by atomic mass is 10.1. The molecule has 0 aliphatic carbocycles. The Labute approximate surface area is 185 Å². The van der Waals surface area contributed by atoms with E-state index in [0.717, 1.165) is 29.7 Å². The van der Waals surface area contributed by atoms with Crippen molar-refractivity contribution in [1.82, 2.24) is 15.0 Å². The third kappa shape index (κ3) is 5.05. The molecule has 1 aliphatic rings. The molecule has 0 saturated carbocycles. The van der Waals surface area contributed by atoms with E-state index in [1.807, 2.05) is 24.3 Å². The van der Waals surface area contributed by atoms with Gasteiger partial charge in [-0.15, -0.1) is 0 Å². The molecule has 2 heterocycles. The minimum atomic E-state index is -0.476. The molecule has 1 atom stereocenters. The number of nitrogens with zero attached hydrogens (tertiary/aromatic N) is 3. The molecule has 1 amide bonds. The minimum absolute atomic E-state index is 0.00891. The molecule has 3 aromatic rings. The van der Waals surface area contributed by atoms with Gasteiger partial charge in [-0.2, -0.15) is 4.98 Å². The second kappa shape index (κ2) is 9.47. The van der Waals surface area contributed by atoms with E-state index in [9.17, 15) is 9.18 Å². The molecule has 8 heteroatoms. The van der Waals surface area contributed by atoms with Gasteiger partial charge in [-0.25, -0.2) is 4.39 Å². The first kappa shape index (κ1) is 21.3. The summed E-state index contributed by atoms with van der Waals surface area (Å²) in [5.41, 5.74) is 1.57. The van der Waals surface area contributed by atoms with Crippen molar-refractivity contribution >= 4 is 17.5 Å². The van der Waals surface area contributed by atoms with Crippen LogP contribution in [0.5, 0.6) is 5.75 Å². The van der Waals surface area contributed by atoms with Gasteiger partial charge in [-0.1, -0.05) is 36.2 Å². The number of halogens is 2. The molecule has 1 unspecified atom stereocenters. The van der Waals surface area contributed by atoms with Crippen LogP contribution in [0.1, 0.15) is 43.5 Å². The molecular formula is C23H23ClFN3O3. The third-order valence-electron chi connectivity index (χ3n) is 5.25. The molecule has 1 saturated heterocycles. The Morgan fingerprint density at radius 1 is 1.26 bits per heavy atom. The van der Waals surface area contributed by atoms with Crippen molar-refractivity contribution in [3.8, 4) is 17.2 Å². The Hall–Kier alpha value is -2.93. The van der Waals surface area contributed by atoms with Crippen molar-refractivity contribution in [2.24, 2.45) is 0 Å². The van der Waals surface area contributed by atoms with E-state index in [0.29, 0.717) is 37.8 Å². The predicted molar refractivity (Wildman–Crippen MR) is 114 cm³/mol. The topological polar surface area (TPSA) is 68.5 Å². The Morgan fingerprint density at radius 3 is 2.81 bits per heavy atom. The van der Waals surface area contributed by atoms with Crippen LogP contribution < -0.4 is 4.74 Å². The van der Waals surface area contributed by atoms with E-state index >= 15 is 0 Å². The Morgan fingerprint density at radius 2 is 2.06 bits per heavy atom. The maximum Gasteiger partial charge on any atom is 0.257 e. The van der Waals surface area contributed by atoms with Gasteiger partial charge in [0.25, 0.3) is 5.89 Å². The Bertz CT molecular complexity index is 1050. The summed E-state index contributed by atoms with van der Waals surface area (Å²) in [5, 5.41) is 4.14. The number of unbranched alkanes of at least 4 members (excludes halogenated alkanes) is 1. The fraction of sp³-hybridized carbons (Fsp3) is 0.348. The molecule has 0 bridgehead atoms. The van der Waals surface area contributed by atoms with Crippen molar-refractivity contribution in [2.45, 2.75) is 38.6 Å². The van der Waals surface area contributed by atoms with Gasteiger partial charge in [0.05, 0.1) is 11.6 Å². The number of likely N-dealkylation sites (tertiary alicyclic amines) is 1. The van der Waals surface area contributed by atoms with E-state index in [1.54, 1.807) is 17.0 Å². The predicted octanol–water partition coefficient (Wildman–Crippen LogP) is 5.22. The molecule has 1 fully saturated rings. The molecule has 31 heavy (non-hydrogen) atoms. The van der Waals surface area contributed by atoms with Gasteiger partial charge in [0.1, 0.15) is 11.6 Å². The summed E-state index contributed by atoms with van der Waals surface area (Å²) in [7, 11) is 0. The van der Waals surface area contributed by atoms with E-state index in [4.69, 9.17) is 20.9 Å². The highest BCUT2D eigenvalue weighted by molar-refractivity contribution is 6.30. The fourth-order valence-electron chi connectivity index (χ4n) is 3.50. The van der Waals surface area contributed by atoms with Crippen LogP contribution in [0.3, 0.4) is 0 Å². The Kier molecular flexibility index (Phi) is 6.51. The summed E-state index contributed by atoms with van der Waals surface area (Å²) >= 11 is 5.84. The van der Waals surface area contributed by atoms with Crippen LogP contribution in [-0.4, -0.2) is 34.1 Å². The smallest absolute Gasteiger partial charge is 0.257 e. The quantitative estimate of drug-likeness (QED) is 0.446. The first-order valence-corrected chi connectivity index (χ1v) is 10.7. The summed E-state index contributed by atoms with van der Waals surface area (Å²) in [4.78, 5) is 18.7. The third-order valence-corrected chi connectivity index (χ3v) is 5.54. The van der Waals surface area contributed by atoms with Crippen LogP contribution >= 0.6 is 11.6 Å².